The van der Waals surface area contributed by atoms with Gasteiger partial charge in [-0.3, -0.25) is 9.59 Å². The van der Waals surface area contributed by atoms with Crippen molar-refractivity contribution in [2.75, 3.05) is 0 Å². The van der Waals surface area contributed by atoms with Gasteiger partial charge in [0.15, 0.2) is 0 Å². The van der Waals surface area contributed by atoms with Gasteiger partial charge in [-0.25, -0.2) is 0 Å². The molecule has 4 heteroatoms. The Labute approximate surface area is 105 Å². The smallest absolute Gasteiger partial charge is 0.307 e. The van der Waals surface area contributed by atoms with E-state index < -0.39 is 11.9 Å². The van der Waals surface area contributed by atoms with Crippen molar-refractivity contribution in [1.82, 2.24) is 5.32 Å². The lowest BCUT2D eigenvalue weighted by molar-refractivity contribution is -0.140. The molecular formula is C14H15NO3. The highest BCUT2D eigenvalue weighted by Crippen LogP contribution is 2.43. The summed E-state index contributed by atoms with van der Waals surface area (Å²) in [4.78, 5) is 22.5. The zero-order chi connectivity index (χ0) is 12.7. The van der Waals surface area contributed by atoms with Crippen molar-refractivity contribution in [3.8, 4) is 0 Å². The number of carboxylic acids is 1. The van der Waals surface area contributed by atoms with E-state index in [2.05, 4.69) is 17.4 Å². The number of amides is 1. The maximum atomic E-state index is 11.8. The molecule has 94 valence electrons. The molecule has 0 spiro atoms. The fraction of sp³-hybridized carbons (Fsp3) is 0.429. The molecule has 2 aliphatic carbocycles. The number of carbonyl (C=O) groups is 2. The number of benzene rings is 1. The third-order valence-corrected chi connectivity index (χ3v) is 3.79. The molecule has 2 N–H and O–H groups in total. The van der Waals surface area contributed by atoms with Crippen LogP contribution in [-0.2, 0) is 9.59 Å². The summed E-state index contributed by atoms with van der Waals surface area (Å²) in [5.74, 6) is -1.31. The molecule has 0 heterocycles. The highest BCUT2D eigenvalue weighted by atomic mass is 16.4. The summed E-state index contributed by atoms with van der Waals surface area (Å²) in [6.45, 7) is 0. The van der Waals surface area contributed by atoms with Gasteiger partial charge in [0.2, 0.25) is 5.91 Å². The minimum atomic E-state index is -0.856. The third kappa shape index (κ3) is 2.10. The molecule has 4 atom stereocenters. The summed E-state index contributed by atoms with van der Waals surface area (Å²) in [5.41, 5.74) is 1.24. The van der Waals surface area contributed by atoms with Crippen LogP contribution in [0.3, 0.4) is 0 Å². The molecule has 0 aromatic heterocycles. The summed E-state index contributed by atoms with van der Waals surface area (Å²) < 4.78 is 0. The highest BCUT2D eigenvalue weighted by Gasteiger charge is 2.50. The van der Waals surface area contributed by atoms with E-state index in [1.165, 1.54) is 5.56 Å². The highest BCUT2D eigenvalue weighted by molar-refractivity contribution is 5.89. The summed E-state index contributed by atoms with van der Waals surface area (Å²) in [6, 6.07) is 10.3. The van der Waals surface area contributed by atoms with Gasteiger partial charge in [0.05, 0.1) is 11.8 Å². The number of aliphatic carboxylic acids is 1. The standard InChI is InChI=1S/C14H15NO3/c16-13(10-6-11(10)14(17)18)15-12-7-9(12)8-4-2-1-3-5-8/h1-5,9-12H,6-7H2,(H,15,16)(H,17,18)/t9?,10-,11+,12?/m1/s1. The molecule has 0 aliphatic heterocycles. The van der Waals surface area contributed by atoms with Gasteiger partial charge >= 0.3 is 5.97 Å². The van der Waals surface area contributed by atoms with Crippen LogP contribution < -0.4 is 5.32 Å². The van der Waals surface area contributed by atoms with Gasteiger partial charge in [0, 0.05) is 12.0 Å². The third-order valence-electron chi connectivity index (χ3n) is 3.79. The molecule has 3 rings (SSSR count). The van der Waals surface area contributed by atoms with Crippen molar-refractivity contribution in [1.29, 1.82) is 0 Å². The normalized spacial score (nSPS) is 32.7. The van der Waals surface area contributed by atoms with Gasteiger partial charge in [-0.05, 0) is 18.4 Å². The number of hydrogen-bond acceptors (Lipinski definition) is 2. The lowest BCUT2D eigenvalue weighted by Gasteiger charge is -2.03. The first-order valence-electron chi connectivity index (χ1n) is 6.25. The van der Waals surface area contributed by atoms with Gasteiger partial charge in [0.1, 0.15) is 0 Å². The fourth-order valence-corrected chi connectivity index (χ4v) is 2.47. The Bertz CT molecular complexity index is 485. The van der Waals surface area contributed by atoms with Crippen molar-refractivity contribution in [3.63, 3.8) is 0 Å². The molecule has 1 aromatic rings. The average molecular weight is 245 g/mol. The SMILES string of the molecule is O=C(O)[C@H]1C[C@H]1C(=O)NC1CC1c1ccccc1. The Morgan fingerprint density at radius 2 is 1.83 bits per heavy atom. The molecular weight excluding hydrogens is 230 g/mol. The van der Waals surface area contributed by atoms with E-state index in [1.54, 1.807) is 0 Å². The van der Waals surface area contributed by atoms with Crippen molar-refractivity contribution in [2.24, 2.45) is 11.8 Å². The quantitative estimate of drug-likeness (QED) is 0.842. The average Bonchev–Trinajstić information content (AvgIpc) is 3.24. The van der Waals surface area contributed by atoms with E-state index >= 15 is 0 Å². The van der Waals surface area contributed by atoms with Crippen molar-refractivity contribution in [3.05, 3.63) is 35.9 Å². The molecule has 2 saturated carbocycles. The second kappa shape index (κ2) is 4.12. The number of hydrogen-bond donors (Lipinski definition) is 2. The van der Waals surface area contributed by atoms with Crippen LogP contribution in [0.15, 0.2) is 30.3 Å². The first-order valence-corrected chi connectivity index (χ1v) is 6.25. The van der Waals surface area contributed by atoms with Crippen LogP contribution in [0.1, 0.15) is 24.3 Å². The molecule has 2 aliphatic rings. The molecule has 4 nitrogen and oxygen atoms in total. The second-order valence-electron chi connectivity index (χ2n) is 5.15. The first kappa shape index (κ1) is 11.3. The Kier molecular flexibility index (Phi) is 2.58. The Morgan fingerprint density at radius 3 is 2.44 bits per heavy atom. The lowest BCUT2D eigenvalue weighted by atomic mass is 10.1. The Balaban J connectivity index is 1.52. The number of rotatable bonds is 4. The van der Waals surface area contributed by atoms with Crippen LogP contribution in [0.5, 0.6) is 0 Å². The lowest BCUT2D eigenvalue weighted by Crippen LogP contribution is -2.29. The topological polar surface area (TPSA) is 66.4 Å². The van der Waals surface area contributed by atoms with Crippen molar-refractivity contribution in [2.45, 2.75) is 24.8 Å². The summed E-state index contributed by atoms with van der Waals surface area (Å²) in [7, 11) is 0. The van der Waals surface area contributed by atoms with Crippen LogP contribution in [0.4, 0.5) is 0 Å². The maximum Gasteiger partial charge on any atom is 0.307 e. The molecule has 2 unspecified atom stereocenters. The first-order chi connectivity index (χ1) is 8.66. The van der Waals surface area contributed by atoms with Crippen LogP contribution in [0, 0.1) is 11.8 Å². The molecule has 1 aromatic carbocycles. The molecule has 0 radical (unpaired) electrons. The summed E-state index contributed by atoms with van der Waals surface area (Å²) in [5, 5.41) is 11.7. The molecule has 2 fully saturated rings. The van der Waals surface area contributed by atoms with E-state index in [1.807, 2.05) is 18.2 Å². The second-order valence-corrected chi connectivity index (χ2v) is 5.15. The largest absolute Gasteiger partial charge is 0.481 e. The Hall–Kier alpha value is -1.84. The van der Waals surface area contributed by atoms with Gasteiger partial charge in [-0.15, -0.1) is 0 Å². The zero-order valence-corrected chi connectivity index (χ0v) is 9.87. The zero-order valence-electron chi connectivity index (χ0n) is 9.87. The van der Waals surface area contributed by atoms with Crippen molar-refractivity contribution >= 4 is 11.9 Å². The Morgan fingerprint density at radius 1 is 1.11 bits per heavy atom. The van der Waals surface area contributed by atoms with Crippen LogP contribution >= 0.6 is 0 Å². The van der Waals surface area contributed by atoms with E-state index in [0.29, 0.717) is 12.3 Å². The van der Waals surface area contributed by atoms with E-state index in [-0.39, 0.29) is 17.9 Å². The number of carboxylic acid groups (broad SMARTS) is 1. The number of nitrogens with one attached hydrogen (secondary N) is 1. The van der Waals surface area contributed by atoms with E-state index in [9.17, 15) is 9.59 Å². The monoisotopic (exact) mass is 245 g/mol. The molecule has 0 saturated heterocycles. The summed E-state index contributed by atoms with van der Waals surface area (Å²) in [6.07, 6.45) is 1.45. The minimum absolute atomic E-state index is 0.0918. The molecule has 1 amide bonds. The predicted octanol–water partition coefficient (Wildman–Crippen LogP) is 1.38. The van der Waals surface area contributed by atoms with Crippen LogP contribution in [0.25, 0.3) is 0 Å². The van der Waals surface area contributed by atoms with Crippen molar-refractivity contribution < 1.29 is 14.7 Å². The predicted molar refractivity (Wildman–Crippen MR) is 65.0 cm³/mol. The van der Waals surface area contributed by atoms with Crippen LogP contribution in [-0.4, -0.2) is 23.0 Å². The molecule has 0 bridgehead atoms. The maximum absolute atomic E-state index is 11.8. The summed E-state index contributed by atoms with van der Waals surface area (Å²) >= 11 is 0. The van der Waals surface area contributed by atoms with Gasteiger partial charge in [-0.1, -0.05) is 30.3 Å². The van der Waals surface area contributed by atoms with Gasteiger partial charge < -0.3 is 10.4 Å². The number of carbonyl (C=O) groups excluding carboxylic acids is 1. The fourth-order valence-electron chi connectivity index (χ4n) is 2.47. The minimum Gasteiger partial charge on any atom is -0.481 e. The van der Waals surface area contributed by atoms with Gasteiger partial charge in [-0.2, -0.15) is 0 Å². The van der Waals surface area contributed by atoms with Crippen LogP contribution in [0.2, 0.25) is 0 Å². The van der Waals surface area contributed by atoms with Gasteiger partial charge in [0.25, 0.3) is 0 Å². The van der Waals surface area contributed by atoms with E-state index in [0.717, 1.165) is 6.42 Å². The molecule has 18 heavy (non-hydrogen) atoms. The van der Waals surface area contributed by atoms with E-state index in [4.69, 9.17) is 5.11 Å².